The molecule has 0 unspecified atom stereocenters. The molecule has 0 aliphatic carbocycles. The summed E-state index contributed by atoms with van der Waals surface area (Å²) in [5, 5.41) is 2.34. The van der Waals surface area contributed by atoms with Crippen LogP contribution in [-0.4, -0.2) is 28.7 Å². The standard InChI is InChI=1S/C7H7N3O2/c11-4-3-10-7(12)6-5-8-1-2-9-6/h1-2,4-5H,3H2,(H,10,12). The van der Waals surface area contributed by atoms with Crippen LogP contribution in [0.1, 0.15) is 10.5 Å². The molecule has 0 aromatic carbocycles. The van der Waals surface area contributed by atoms with Crippen molar-refractivity contribution in [3.63, 3.8) is 0 Å². The zero-order valence-corrected chi connectivity index (χ0v) is 6.23. The number of nitrogens with zero attached hydrogens (tertiary/aromatic N) is 2. The van der Waals surface area contributed by atoms with Crippen LogP contribution in [0.5, 0.6) is 0 Å². The summed E-state index contributed by atoms with van der Waals surface area (Å²) in [7, 11) is 0. The van der Waals surface area contributed by atoms with Crippen molar-refractivity contribution in [3.8, 4) is 0 Å². The summed E-state index contributed by atoms with van der Waals surface area (Å²) in [6.45, 7) is -0.00456. The van der Waals surface area contributed by atoms with Gasteiger partial charge in [0.1, 0.15) is 12.0 Å². The van der Waals surface area contributed by atoms with Crippen LogP contribution in [0, 0.1) is 0 Å². The highest BCUT2D eigenvalue weighted by Crippen LogP contribution is 1.87. The van der Waals surface area contributed by atoms with E-state index < -0.39 is 5.91 Å². The van der Waals surface area contributed by atoms with Gasteiger partial charge in [-0.15, -0.1) is 0 Å². The van der Waals surface area contributed by atoms with Gasteiger partial charge in [-0.05, 0) is 0 Å². The molecule has 1 amide bonds. The van der Waals surface area contributed by atoms with Gasteiger partial charge in [-0.3, -0.25) is 9.78 Å². The zero-order valence-electron chi connectivity index (χ0n) is 6.23. The normalized spacial score (nSPS) is 9.00. The van der Waals surface area contributed by atoms with Gasteiger partial charge in [0, 0.05) is 12.4 Å². The van der Waals surface area contributed by atoms with Crippen LogP contribution in [0.3, 0.4) is 0 Å². The number of hydrogen-bond donors (Lipinski definition) is 1. The maximum atomic E-state index is 11.0. The maximum absolute atomic E-state index is 11.0. The van der Waals surface area contributed by atoms with Crippen molar-refractivity contribution >= 4 is 12.2 Å². The van der Waals surface area contributed by atoms with E-state index in [1.165, 1.54) is 18.6 Å². The van der Waals surface area contributed by atoms with Crippen LogP contribution < -0.4 is 5.32 Å². The Balaban J connectivity index is 2.59. The molecule has 0 saturated heterocycles. The fourth-order valence-electron chi connectivity index (χ4n) is 0.641. The maximum Gasteiger partial charge on any atom is 0.271 e. The van der Waals surface area contributed by atoms with Gasteiger partial charge in [0.2, 0.25) is 0 Å². The van der Waals surface area contributed by atoms with Crippen molar-refractivity contribution in [3.05, 3.63) is 24.3 Å². The van der Waals surface area contributed by atoms with Crippen LogP contribution >= 0.6 is 0 Å². The summed E-state index contributed by atoms with van der Waals surface area (Å²) in [6.07, 6.45) is 4.82. The van der Waals surface area contributed by atoms with Gasteiger partial charge in [-0.2, -0.15) is 0 Å². The minimum Gasteiger partial charge on any atom is -0.344 e. The number of aldehydes is 1. The molecule has 5 heteroatoms. The number of rotatable bonds is 3. The fourth-order valence-corrected chi connectivity index (χ4v) is 0.641. The molecule has 0 saturated carbocycles. The Labute approximate surface area is 68.8 Å². The molecule has 1 heterocycles. The van der Waals surface area contributed by atoms with Crippen LogP contribution in [0.4, 0.5) is 0 Å². The Morgan fingerprint density at radius 1 is 1.58 bits per heavy atom. The van der Waals surface area contributed by atoms with Crippen LogP contribution in [0.25, 0.3) is 0 Å². The predicted molar refractivity (Wildman–Crippen MR) is 40.4 cm³/mol. The summed E-state index contributed by atoms with van der Waals surface area (Å²) >= 11 is 0. The molecule has 1 N–H and O–H groups in total. The number of hydrogen-bond acceptors (Lipinski definition) is 4. The molecule has 1 aromatic rings. The van der Waals surface area contributed by atoms with Crippen LogP contribution in [0.15, 0.2) is 18.6 Å². The van der Waals surface area contributed by atoms with E-state index in [1.54, 1.807) is 0 Å². The van der Waals surface area contributed by atoms with Gasteiger partial charge in [0.15, 0.2) is 0 Å². The first-order valence-corrected chi connectivity index (χ1v) is 3.32. The lowest BCUT2D eigenvalue weighted by Gasteiger charge is -1.97. The summed E-state index contributed by atoms with van der Waals surface area (Å²) in [5.74, 6) is -0.393. The first-order valence-electron chi connectivity index (χ1n) is 3.32. The molecule has 0 aliphatic rings. The molecule has 0 radical (unpaired) electrons. The van der Waals surface area contributed by atoms with E-state index in [0.717, 1.165) is 0 Å². The first kappa shape index (κ1) is 8.32. The minimum atomic E-state index is -0.393. The molecule has 1 rings (SSSR count). The zero-order chi connectivity index (χ0) is 8.81. The lowest BCUT2D eigenvalue weighted by Crippen LogP contribution is -2.25. The third kappa shape index (κ3) is 2.12. The predicted octanol–water partition coefficient (Wildman–Crippen LogP) is -0.595. The highest BCUT2D eigenvalue weighted by molar-refractivity contribution is 5.92. The van der Waals surface area contributed by atoms with Crippen LogP contribution in [0.2, 0.25) is 0 Å². The van der Waals surface area contributed by atoms with E-state index in [0.29, 0.717) is 6.29 Å². The Morgan fingerprint density at radius 3 is 3.00 bits per heavy atom. The van der Waals surface area contributed by atoms with E-state index in [1.807, 2.05) is 0 Å². The van der Waals surface area contributed by atoms with Crippen molar-refractivity contribution in [2.24, 2.45) is 0 Å². The summed E-state index contributed by atoms with van der Waals surface area (Å²) in [4.78, 5) is 28.4. The van der Waals surface area contributed by atoms with E-state index in [4.69, 9.17) is 0 Å². The second kappa shape index (κ2) is 4.17. The van der Waals surface area contributed by atoms with E-state index >= 15 is 0 Å². The molecule has 12 heavy (non-hydrogen) atoms. The smallest absolute Gasteiger partial charge is 0.271 e. The number of aromatic nitrogens is 2. The van der Waals surface area contributed by atoms with E-state index in [9.17, 15) is 9.59 Å². The molecule has 0 aliphatic heterocycles. The summed E-state index contributed by atoms with van der Waals surface area (Å²) in [6, 6.07) is 0. The summed E-state index contributed by atoms with van der Waals surface area (Å²) < 4.78 is 0. The molecule has 0 atom stereocenters. The van der Waals surface area contributed by atoms with Crippen molar-refractivity contribution < 1.29 is 9.59 Å². The topological polar surface area (TPSA) is 72.0 Å². The SMILES string of the molecule is O=CCNC(=O)c1cnccn1. The fraction of sp³-hybridized carbons (Fsp3) is 0.143. The Hall–Kier alpha value is -1.78. The van der Waals surface area contributed by atoms with Crippen LogP contribution in [-0.2, 0) is 4.79 Å². The summed E-state index contributed by atoms with van der Waals surface area (Å²) in [5.41, 5.74) is 0.208. The third-order valence-electron chi connectivity index (χ3n) is 1.14. The van der Waals surface area contributed by atoms with E-state index in [-0.39, 0.29) is 12.2 Å². The first-order chi connectivity index (χ1) is 5.84. The molecule has 0 spiro atoms. The molecular formula is C7H7N3O2. The minimum absolute atomic E-state index is 0.00456. The number of nitrogens with one attached hydrogen (secondary N) is 1. The van der Waals surface area contributed by atoms with Gasteiger partial charge >= 0.3 is 0 Å². The Morgan fingerprint density at radius 2 is 2.42 bits per heavy atom. The molecular weight excluding hydrogens is 158 g/mol. The molecule has 62 valence electrons. The van der Waals surface area contributed by atoms with Gasteiger partial charge in [-0.1, -0.05) is 0 Å². The quantitative estimate of drug-likeness (QED) is 0.607. The van der Waals surface area contributed by atoms with Gasteiger partial charge < -0.3 is 10.1 Å². The highest BCUT2D eigenvalue weighted by atomic mass is 16.2. The number of carbonyl (C=O) groups excluding carboxylic acids is 2. The molecule has 0 bridgehead atoms. The highest BCUT2D eigenvalue weighted by Gasteiger charge is 2.03. The molecule has 1 aromatic heterocycles. The average Bonchev–Trinajstić information content (AvgIpc) is 2.15. The molecule has 5 nitrogen and oxygen atoms in total. The average molecular weight is 165 g/mol. The second-order valence-electron chi connectivity index (χ2n) is 1.97. The Kier molecular flexibility index (Phi) is 2.89. The van der Waals surface area contributed by atoms with Gasteiger partial charge in [0.05, 0.1) is 12.7 Å². The van der Waals surface area contributed by atoms with Crippen molar-refractivity contribution in [2.45, 2.75) is 0 Å². The van der Waals surface area contributed by atoms with Crippen molar-refractivity contribution in [2.75, 3.05) is 6.54 Å². The van der Waals surface area contributed by atoms with Crippen molar-refractivity contribution in [1.82, 2.24) is 15.3 Å². The lowest BCUT2D eigenvalue weighted by atomic mass is 10.4. The van der Waals surface area contributed by atoms with E-state index in [2.05, 4.69) is 15.3 Å². The Bertz CT molecular complexity index is 273. The largest absolute Gasteiger partial charge is 0.344 e. The number of amides is 1. The van der Waals surface area contributed by atoms with Crippen molar-refractivity contribution in [1.29, 1.82) is 0 Å². The van der Waals surface area contributed by atoms with Gasteiger partial charge in [0.25, 0.3) is 5.91 Å². The lowest BCUT2D eigenvalue weighted by molar-refractivity contribution is -0.107. The third-order valence-corrected chi connectivity index (χ3v) is 1.14. The number of carbonyl (C=O) groups is 2. The molecule has 0 fully saturated rings. The monoisotopic (exact) mass is 165 g/mol. The second-order valence-corrected chi connectivity index (χ2v) is 1.97. The van der Waals surface area contributed by atoms with Gasteiger partial charge in [-0.25, -0.2) is 4.98 Å².